The third-order valence-corrected chi connectivity index (χ3v) is 7.15. The minimum absolute atomic E-state index is 0.250. The van der Waals surface area contributed by atoms with Gasteiger partial charge in [-0.05, 0) is 54.4 Å². The molecule has 2 aromatic heterocycles. The van der Waals surface area contributed by atoms with Gasteiger partial charge in [0.25, 0.3) is 0 Å². The Morgan fingerprint density at radius 1 is 0.857 bits per heavy atom. The topological polar surface area (TPSA) is 82.7 Å². The summed E-state index contributed by atoms with van der Waals surface area (Å²) in [4.78, 5) is 4.57. The zero-order valence-corrected chi connectivity index (χ0v) is 21.1. The lowest BCUT2D eigenvalue weighted by Gasteiger charge is -2.16. The molecule has 0 saturated carbocycles. The molecule has 0 unspecified atom stereocenters. The second-order valence-corrected chi connectivity index (χ2v) is 10.9. The van der Waals surface area contributed by atoms with E-state index in [-0.39, 0.29) is 4.90 Å². The van der Waals surface area contributed by atoms with Crippen LogP contribution in [-0.2, 0) is 9.84 Å². The first-order valence-corrected chi connectivity index (χ1v) is 13.2. The molecule has 5 rings (SSSR count). The van der Waals surface area contributed by atoms with Crippen molar-refractivity contribution in [3.8, 4) is 33.8 Å². The summed E-state index contributed by atoms with van der Waals surface area (Å²) in [7, 11) is -3.35. The quantitative estimate of drug-likeness (QED) is 0.290. The van der Waals surface area contributed by atoms with Crippen LogP contribution in [0.2, 0.25) is 10.2 Å². The molecule has 10 heteroatoms. The molecule has 0 aliphatic heterocycles. The summed E-state index contributed by atoms with van der Waals surface area (Å²) in [6.07, 6.45) is 4.61. The molecule has 3 aromatic carbocycles. The lowest BCUT2D eigenvalue weighted by molar-refractivity contribution is 0.602. The van der Waals surface area contributed by atoms with Crippen LogP contribution in [0.4, 0.5) is 0 Å². The van der Waals surface area contributed by atoms with E-state index in [4.69, 9.17) is 23.2 Å². The van der Waals surface area contributed by atoms with E-state index in [2.05, 4.69) is 15.3 Å². The zero-order chi connectivity index (χ0) is 24.7. The van der Waals surface area contributed by atoms with Crippen molar-refractivity contribution in [2.45, 2.75) is 11.8 Å². The molecule has 0 aliphatic rings. The fraction of sp³-hybridized carbons (Fsp3) is 0.0800. The number of aromatic nitrogens is 5. The van der Waals surface area contributed by atoms with Gasteiger partial charge in [0.2, 0.25) is 0 Å². The summed E-state index contributed by atoms with van der Waals surface area (Å²) in [5, 5.41) is 9.53. The molecular formula is C25H19Cl2N5O2S. The van der Waals surface area contributed by atoms with E-state index in [1.807, 2.05) is 60.0 Å². The minimum atomic E-state index is -3.35. The second kappa shape index (κ2) is 8.96. The van der Waals surface area contributed by atoms with Crippen LogP contribution in [0, 0.1) is 6.92 Å². The first-order chi connectivity index (χ1) is 16.7. The monoisotopic (exact) mass is 523 g/mol. The number of aryl methyl sites for hydroxylation is 1. The van der Waals surface area contributed by atoms with Crippen LogP contribution in [0.3, 0.4) is 0 Å². The van der Waals surface area contributed by atoms with E-state index in [0.717, 1.165) is 28.1 Å². The molecule has 0 saturated heterocycles. The molecule has 0 aliphatic carbocycles. The standard InChI is InChI=1S/C25H19Cl2N5O2S/c1-16-29-25(27)15-31(16)22-11-8-19(18-4-3-5-21(12-18)35(2,33)34)13-23(22)32-24(14-28-30-32)17-6-9-20(26)10-7-17/h3-15H,1-2H3. The van der Waals surface area contributed by atoms with Crippen LogP contribution < -0.4 is 0 Å². The summed E-state index contributed by atoms with van der Waals surface area (Å²) in [6, 6.07) is 20.1. The molecule has 7 nitrogen and oxygen atoms in total. The van der Waals surface area contributed by atoms with Gasteiger partial charge in [0.05, 0.1) is 28.2 Å². The third kappa shape index (κ3) is 4.60. The molecule has 176 valence electrons. The van der Waals surface area contributed by atoms with Crippen LogP contribution in [0.5, 0.6) is 0 Å². The summed E-state index contributed by atoms with van der Waals surface area (Å²) in [5.41, 5.74) is 4.71. The van der Waals surface area contributed by atoms with Gasteiger partial charge < -0.3 is 4.57 Å². The van der Waals surface area contributed by atoms with E-state index >= 15 is 0 Å². The number of nitrogens with zero attached hydrogens (tertiary/aromatic N) is 5. The summed E-state index contributed by atoms with van der Waals surface area (Å²) < 4.78 is 27.8. The number of halogens is 2. The molecule has 0 bridgehead atoms. The Labute approximate surface area is 212 Å². The molecule has 2 heterocycles. The van der Waals surface area contributed by atoms with Crippen molar-refractivity contribution in [1.29, 1.82) is 0 Å². The van der Waals surface area contributed by atoms with Gasteiger partial charge in [-0.15, -0.1) is 5.10 Å². The summed E-state index contributed by atoms with van der Waals surface area (Å²) in [6.45, 7) is 1.86. The Hall–Kier alpha value is -3.46. The Balaban J connectivity index is 1.74. The van der Waals surface area contributed by atoms with Gasteiger partial charge in [-0.25, -0.2) is 18.1 Å². The van der Waals surface area contributed by atoms with Gasteiger partial charge in [-0.3, -0.25) is 0 Å². The van der Waals surface area contributed by atoms with Gasteiger partial charge in [-0.2, -0.15) is 0 Å². The molecule has 0 N–H and O–H groups in total. The Bertz CT molecular complexity index is 1660. The molecular weight excluding hydrogens is 505 g/mol. The Morgan fingerprint density at radius 3 is 2.26 bits per heavy atom. The van der Waals surface area contributed by atoms with Crippen molar-refractivity contribution in [3.05, 3.63) is 95.1 Å². The molecule has 0 atom stereocenters. The molecule has 0 spiro atoms. The highest BCUT2D eigenvalue weighted by atomic mass is 35.5. The maximum atomic E-state index is 12.1. The lowest BCUT2D eigenvalue weighted by atomic mass is 10.0. The van der Waals surface area contributed by atoms with Gasteiger partial charge in [0.1, 0.15) is 11.0 Å². The average Bonchev–Trinajstić information content (AvgIpc) is 3.45. The van der Waals surface area contributed by atoms with Crippen molar-refractivity contribution < 1.29 is 8.42 Å². The molecule has 0 radical (unpaired) electrons. The number of sulfone groups is 1. The highest BCUT2D eigenvalue weighted by Crippen LogP contribution is 2.32. The van der Waals surface area contributed by atoms with E-state index in [9.17, 15) is 8.42 Å². The number of benzene rings is 3. The summed E-state index contributed by atoms with van der Waals surface area (Å²) >= 11 is 12.3. The van der Waals surface area contributed by atoms with Crippen LogP contribution >= 0.6 is 23.2 Å². The van der Waals surface area contributed by atoms with Gasteiger partial charge in [-0.1, -0.05) is 58.7 Å². The van der Waals surface area contributed by atoms with Crippen LogP contribution in [0.15, 0.2) is 84.0 Å². The van der Waals surface area contributed by atoms with Gasteiger partial charge in [0, 0.05) is 23.0 Å². The van der Waals surface area contributed by atoms with Crippen molar-refractivity contribution in [1.82, 2.24) is 24.5 Å². The number of rotatable bonds is 5. The van der Waals surface area contributed by atoms with E-state index in [1.165, 1.54) is 6.26 Å². The van der Waals surface area contributed by atoms with Crippen molar-refractivity contribution in [2.24, 2.45) is 0 Å². The fourth-order valence-corrected chi connectivity index (χ4v) is 4.91. The molecule has 0 fully saturated rings. The highest BCUT2D eigenvalue weighted by Gasteiger charge is 2.18. The lowest BCUT2D eigenvalue weighted by Crippen LogP contribution is -2.07. The average molecular weight is 524 g/mol. The first-order valence-electron chi connectivity index (χ1n) is 10.5. The smallest absolute Gasteiger partial charge is 0.175 e. The van der Waals surface area contributed by atoms with E-state index < -0.39 is 9.84 Å². The third-order valence-electron chi connectivity index (χ3n) is 5.60. The molecule has 35 heavy (non-hydrogen) atoms. The predicted molar refractivity (Wildman–Crippen MR) is 137 cm³/mol. The number of hydrogen-bond acceptors (Lipinski definition) is 5. The van der Waals surface area contributed by atoms with Gasteiger partial charge >= 0.3 is 0 Å². The first kappa shape index (κ1) is 23.3. The maximum absolute atomic E-state index is 12.1. The second-order valence-electron chi connectivity index (χ2n) is 8.02. The molecule has 0 amide bonds. The normalized spacial score (nSPS) is 11.7. The zero-order valence-electron chi connectivity index (χ0n) is 18.7. The van der Waals surface area contributed by atoms with Crippen LogP contribution in [0.1, 0.15) is 5.82 Å². The largest absolute Gasteiger partial charge is 0.300 e. The number of hydrogen-bond donors (Lipinski definition) is 0. The Kier molecular flexibility index (Phi) is 5.96. The van der Waals surface area contributed by atoms with Crippen LogP contribution in [0.25, 0.3) is 33.8 Å². The van der Waals surface area contributed by atoms with E-state index in [0.29, 0.717) is 21.7 Å². The number of imidazole rings is 1. The SMILES string of the molecule is Cc1nc(Cl)cn1-c1ccc(-c2cccc(S(C)(=O)=O)c2)cc1-n1nncc1-c1ccc(Cl)cc1. The Morgan fingerprint density at radius 2 is 1.57 bits per heavy atom. The van der Waals surface area contributed by atoms with E-state index in [1.54, 1.807) is 35.3 Å². The minimum Gasteiger partial charge on any atom is -0.300 e. The predicted octanol–water partition coefficient (Wildman–Crippen LogP) is 5.81. The van der Waals surface area contributed by atoms with Crippen LogP contribution in [-0.4, -0.2) is 39.2 Å². The van der Waals surface area contributed by atoms with Crippen molar-refractivity contribution >= 4 is 33.0 Å². The molecule has 5 aromatic rings. The van der Waals surface area contributed by atoms with Gasteiger partial charge in [0.15, 0.2) is 9.84 Å². The fourth-order valence-electron chi connectivity index (χ4n) is 3.89. The van der Waals surface area contributed by atoms with Crippen molar-refractivity contribution in [3.63, 3.8) is 0 Å². The summed E-state index contributed by atoms with van der Waals surface area (Å²) in [5.74, 6) is 0.705. The van der Waals surface area contributed by atoms with Crippen molar-refractivity contribution in [2.75, 3.05) is 6.26 Å². The maximum Gasteiger partial charge on any atom is 0.175 e. The highest BCUT2D eigenvalue weighted by molar-refractivity contribution is 7.90.